The van der Waals surface area contributed by atoms with E-state index in [0.29, 0.717) is 6.04 Å². The molecule has 0 radical (unpaired) electrons. The molecule has 0 saturated carbocycles. The van der Waals surface area contributed by atoms with Gasteiger partial charge in [0.2, 0.25) is 0 Å². The number of halogens is 1. The minimum Gasteiger partial charge on any atom is -0.310 e. The maximum atomic E-state index is 6.13. The zero-order valence-electron chi connectivity index (χ0n) is 10.5. The third kappa shape index (κ3) is 5.15. The first kappa shape index (κ1) is 14.6. The molecule has 0 saturated heterocycles. The van der Waals surface area contributed by atoms with E-state index in [0.717, 1.165) is 28.6 Å². The molecule has 0 aliphatic heterocycles. The molecule has 0 bridgehead atoms. The van der Waals surface area contributed by atoms with Crippen LogP contribution in [-0.4, -0.2) is 18.3 Å². The Morgan fingerprint density at radius 3 is 2.76 bits per heavy atom. The van der Waals surface area contributed by atoms with Crippen LogP contribution in [0.2, 0.25) is 5.02 Å². The van der Waals surface area contributed by atoms with Crippen LogP contribution < -0.4 is 5.32 Å². The van der Waals surface area contributed by atoms with Gasteiger partial charge in [0, 0.05) is 16.7 Å². The minimum atomic E-state index is 0.358. The molecular formula is C14H20ClNS. The van der Waals surface area contributed by atoms with Crippen LogP contribution in [0.4, 0.5) is 0 Å². The van der Waals surface area contributed by atoms with Gasteiger partial charge in [-0.2, -0.15) is 0 Å². The van der Waals surface area contributed by atoms with E-state index in [1.165, 1.54) is 5.57 Å². The molecule has 0 aliphatic carbocycles. The fourth-order valence-electron chi connectivity index (χ4n) is 1.43. The smallest absolute Gasteiger partial charge is 0.0541 e. The van der Waals surface area contributed by atoms with Crippen molar-refractivity contribution in [2.45, 2.75) is 31.2 Å². The second-order valence-corrected chi connectivity index (χ2v) is 5.56. The Bertz CT molecular complexity index is 365. The first-order valence-corrected chi connectivity index (χ1v) is 7.27. The van der Waals surface area contributed by atoms with Gasteiger partial charge in [0.25, 0.3) is 0 Å². The van der Waals surface area contributed by atoms with Crippen LogP contribution in [-0.2, 0) is 0 Å². The molecule has 0 fully saturated rings. The normalized spacial score (nSPS) is 12.4. The van der Waals surface area contributed by atoms with Gasteiger partial charge in [-0.05, 0) is 32.0 Å². The summed E-state index contributed by atoms with van der Waals surface area (Å²) in [6, 6.07) is 8.32. The third-order valence-electron chi connectivity index (χ3n) is 2.48. The van der Waals surface area contributed by atoms with Crippen molar-refractivity contribution < 1.29 is 0 Å². The van der Waals surface area contributed by atoms with Crippen molar-refractivity contribution >= 4 is 23.4 Å². The Labute approximate surface area is 114 Å². The highest BCUT2D eigenvalue weighted by atomic mass is 35.5. The molecule has 17 heavy (non-hydrogen) atoms. The van der Waals surface area contributed by atoms with Gasteiger partial charge in [-0.15, -0.1) is 11.8 Å². The van der Waals surface area contributed by atoms with Crippen LogP contribution in [0.5, 0.6) is 0 Å². The molecule has 1 rings (SSSR count). The summed E-state index contributed by atoms with van der Waals surface area (Å²) in [7, 11) is 0. The van der Waals surface area contributed by atoms with Gasteiger partial charge in [0.15, 0.2) is 0 Å². The van der Waals surface area contributed by atoms with E-state index in [1.54, 1.807) is 11.8 Å². The molecule has 1 aromatic rings. The maximum absolute atomic E-state index is 6.13. The summed E-state index contributed by atoms with van der Waals surface area (Å²) < 4.78 is 0. The van der Waals surface area contributed by atoms with E-state index in [-0.39, 0.29) is 0 Å². The van der Waals surface area contributed by atoms with E-state index < -0.39 is 0 Å². The van der Waals surface area contributed by atoms with E-state index in [2.05, 4.69) is 31.8 Å². The Hall–Kier alpha value is -0.440. The molecule has 0 spiro atoms. The van der Waals surface area contributed by atoms with Gasteiger partial charge in [-0.3, -0.25) is 0 Å². The number of benzene rings is 1. The number of hydrogen-bond acceptors (Lipinski definition) is 2. The quantitative estimate of drug-likeness (QED) is 0.582. The van der Waals surface area contributed by atoms with Gasteiger partial charge in [-0.1, -0.05) is 42.8 Å². The van der Waals surface area contributed by atoms with Crippen molar-refractivity contribution in [1.82, 2.24) is 5.32 Å². The Morgan fingerprint density at radius 1 is 1.47 bits per heavy atom. The van der Waals surface area contributed by atoms with Crippen molar-refractivity contribution in [2.75, 3.05) is 12.3 Å². The van der Waals surface area contributed by atoms with Crippen molar-refractivity contribution in [2.24, 2.45) is 0 Å². The predicted octanol–water partition coefficient (Wildman–Crippen LogP) is 4.38. The average Bonchev–Trinajstić information content (AvgIpc) is 2.31. The van der Waals surface area contributed by atoms with Crippen molar-refractivity contribution in [3.05, 3.63) is 41.4 Å². The molecule has 0 heterocycles. The Kier molecular flexibility index (Phi) is 6.71. The number of thioether (sulfide) groups is 1. The molecule has 1 atom stereocenters. The number of rotatable bonds is 7. The van der Waals surface area contributed by atoms with Crippen LogP contribution in [0.1, 0.15) is 20.3 Å². The zero-order chi connectivity index (χ0) is 12.7. The molecular weight excluding hydrogens is 250 g/mol. The van der Waals surface area contributed by atoms with Gasteiger partial charge in [-0.25, -0.2) is 0 Å². The van der Waals surface area contributed by atoms with Gasteiger partial charge in [0.1, 0.15) is 0 Å². The molecule has 0 aliphatic rings. The summed E-state index contributed by atoms with van der Waals surface area (Å²) in [5.41, 5.74) is 1.18. The third-order valence-corrected chi connectivity index (χ3v) is 4.09. The van der Waals surface area contributed by atoms with Gasteiger partial charge in [0.05, 0.1) is 5.02 Å². The fraction of sp³-hybridized carbons (Fsp3) is 0.429. The monoisotopic (exact) mass is 269 g/mol. The average molecular weight is 270 g/mol. The first-order chi connectivity index (χ1) is 8.15. The van der Waals surface area contributed by atoms with E-state index in [9.17, 15) is 0 Å². The largest absolute Gasteiger partial charge is 0.310 e. The Balaban J connectivity index is 2.52. The highest BCUT2D eigenvalue weighted by Crippen LogP contribution is 2.27. The molecule has 1 unspecified atom stereocenters. The van der Waals surface area contributed by atoms with Crippen molar-refractivity contribution in [3.63, 3.8) is 0 Å². The van der Waals surface area contributed by atoms with E-state index in [4.69, 9.17) is 11.6 Å². The van der Waals surface area contributed by atoms with E-state index in [1.807, 2.05) is 18.2 Å². The summed E-state index contributed by atoms with van der Waals surface area (Å²) in [6.07, 6.45) is 1.14. The molecule has 1 nitrogen and oxygen atoms in total. The van der Waals surface area contributed by atoms with E-state index >= 15 is 0 Å². The SMILES string of the molecule is C=C(C)C(CSc1ccccc1Cl)NCCC. The summed E-state index contributed by atoms with van der Waals surface area (Å²) in [6.45, 7) is 9.30. The zero-order valence-corrected chi connectivity index (χ0v) is 12.1. The summed E-state index contributed by atoms with van der Waals surface area (Å²) in [5.74, 6) is 0.971. The number of hydrogen-bond donors (Lipinski definition) is 1. The second kappa shape index (κ2) is 7.80. The number of nitrogens with one attached hydrogen (secondary N) is 1. The molecule has 0 aromatic heterocycles. The van der Waals surface area contributed by atoms with Crippen LogP contribution in [0.3, 0.4) is 0 Å². The lowest BCUT2D eigenvalue weighted by atomic mass is 10.2. The molecule has 1 N–H and O–H groups in total. The van der Waals surface area contributed by atoms with Crippen LogP contribution in [0.25, 0.3) is 0 Å². The minimum absolute atomic E-state index is 0.358. The van der Waals surface area contributed by atoms with Crippen LogP contribution in [0.15, 0.2) is 41.3 Å². The van der Waals surface area contributed by atoms with Crippen LogP contribution >= 0.6 is 23.4 Å². The molecule has 1 aromatic carbocycles. The fourth-order valence-corrected chi connectivity index (χ4v) is 2.86. The van der Waals surface area contributed by atoms with Crippen LogP contribution in [0, 0.1) is 0 Å². The summed E-state index contributed by atoms with van der Waals surface area (Å²) in [4.78, 5) is 1.14. The lowest BCUT2D eigenvalue weighted by Crippen LogP contribution is -2.32. The highest BCUT2D eigenvalue weighted by Gasteiger charge is 2.09. The second-order valence-electron chi connectivity index (χ2n) is 4.09. The lowest BCUT2D eigenvalue weighted by molar-refractivity contribution is 0.609. The standard InChI is InChI=1S/C14H20ClNS/c1-4-9-16-13(11(2)3)10-17-14-8-6-5-7-12(14)15/h5-8,13,16H,2,4,9-10H2,1,3H3. The molecule has 94 valence electrons. The molecule has 3 heteroatoms. The first-order valence-electron chi connectivity index (χ1n) is 5.91. The highest BCUT2D eigenvalue weighted by molar-refractivity contribution is 7.99. The topological polar surface area (TPSA) is 12.0 Å². The van der Waals surface area contributed by atoms with Gasteiger partial charge >= 0.3 is 0 Å². The van der Waals surface area contributed by atoms with Crippen molar-refractivity contribution in [1.29, 1.82) is 0 Å². The summed E-state index contributed by atoms with van der Waals surface area (Å²) >= 11 is 7.91. The maximum Gasteiger partial charge on any atom is 0.0541 e. The lowest BCUT2D eigenvalue weighted by Gasteiger charge is -2.18. The van der Waals surface area contributed by atoms with Gasteiger partial charge < -0.3 is 5.32 Å². The van der Waals surface area contributed by atoms with Crippen molar-refractivity contribution in [3.8, 4) is 0 Å². The predicted molar refractivity (Wildman–Crippen MR) is 79.1 cm³/mol. The summed E-state index contributed by atoms with van der Waals surface area (Å²) in [5, 5.41) is 4.32. The Morgan fingerprint density at radius 2 is 2.18 bits per heavy atom. The molecule has 0 amide bonds.